The molecule has 0 bridgehead atoms. The Morgan fingerprint density at radius 3 is 2.65 bits per heavy atom. The van der Waals surface area contributed by atoms with Gasteiger partial charge in [-0.3, -0.25) is 0 Å². The molecule has 0 aromatic heterocycles. The monoisotopic (exact) mass is 274 g/mol. The van der Waals surface area contributed by atoms with Crippen LogP contribution >= 0.6 is 0 Å². The molecule has 1 fully saturated rings. The van der Waals surface area contributed by atoms with E-state index in [0.29, 0.717) is 5.41 Å². The molecule has 2 rings (SSSR count). The minimum absolute atomic E-state index is 0.281. The van der Waals surface area contributed by atoms with Crippen LogP contribution in [0.4, 0.5) is 0 Å². The first-order valence-corrected chi connectivity index (χ1v) is 7.46. The van der Waals surface area contributed by atoms with Crippen molar-refractivity contribution in [1.82, 2.24) is 0 Å². The summed E-state index contributed by atoms with van der Waals surface area (Å²) < 4.78 is 5.87. The zero-order valence-electron chi connectivity index (χ0n) is 13.0. The predicted molar refractivity (Wildman–Crippen MR) is 83.0 cm³/mol. The Balaban J connectivity index is 1.82. The Morgan fingerprint density at radius 2 is 2.05 bits per heavy atom. The van der Waals surface area contributed by atoms with Crippen LogP contribution in [0.2, 0.25) is 0 Å². The van der Waals surface area contributed by atoms with E-state index >= 15 is 0 Å². The average molecular weight is 274 g/mol. The second-order valence-electron chi connectivity index (χ2n) is 6.74. The third-order valence-corrected chi connectivity index (χ3v) is 4.41. The van der Waals surface area contributed by atoms with Gasteiger partial charge in [-0.1, -0.05) is 25.5 Å². The van der Waals surface area contributed by atoms with E-state index in [1.54, 1.807) is 12.1 Å². The highest BCUT2D eigenvalue weighted by Gasteiger charge is 2.52. The number of rotatable bonds is 6. The molecule has 1 saturated carbocycles. The summed E-state index contributed by atoms with van der Waals surface area (Å²) in [4.78, 5) is 0. The number of phenols is 1. The van der Waals surface area contributed by atoms with Gasteiger partial charge in [0.25, 0.3) is 0 Å². The Kier molecular flexibility index (Phi) is 4.42. The maximum atomic E-state index is 9.25. The zero-order valence-corrected chi connectivity index (χ0v) is 13.0. The van der Waals surface area contributed by atoms with E-state index in [0.717, 1.165) is 24.2 Å². The summed E-state index contributed by atoms with van der Waals surface area (Å²) >= 11 is 0. The first-order valence-electron chi connectivity index (χ1n) is 7.46. The van der Waals surface area contributed by atoms with Crippen molar-refractivity contribution in [2.24, 2.45) is 17.3 Å². The number of aromatic hydroxyl groups is 1. The number of benzene rings is 1. The van der Waals surface area contributed by atoms with Crippen molar-refractivity contribution in [3.63, 3.8) is 0 Å². The van der Waals surface area contributed by atoms with Crippen molar-refractivity contribution < 1.29 is 9.84 Å². The summed E-state index contributed by atoms with van der Waals surface area (Å²) in [5.41, 5.74) is 1.71. The van der Waals surface area contributed by atoms with Crippen LogP contribution in [-0.4, -0.2) is 11.7 Å². The average Bonchev–Trinajstić information content (AvgIpc) is 3.08. The molecular weight excluding hydrogens is 248 g/mol. The lowest BCUT2D eigenvalue weighted by atomic mass is 9.94. The first kappa shape index (κ1) is 15.0. The molecule has 2 nitrogen and oxygen atoms in total. The molecule has 0 amide bonds. The smallest absolute Gasteiger partial charge is 0.119 e. The topological polar surface area (TPSA) is 29.5 Å². The molecule has 1 N–H and O–H groups in total. The van der Waals surface area contributed by atoms with E-state index in [1.165, 1.54) is 18.4 Å². The molecule has 0 spiro atoms. The van der Waals surface area contributed by atoms with Crippen molar-refractivity contribution >= 4 is 0 Å². The minimum atomic E-state index is 0.281. The van der Waals surface area contributed by atoms with Crippen molar-refractivity contribution in [3.05, 3.63) is 35.9 Å². The zero-order chi connectivity index (χ0) is 14.8. The largest absolute Gasteiger partial charge is 0.508 e. The van der Waals surface area contributed by atoms with E-state index in [9.17, 15) is 5.11 Å². The SMILES string of the molecule is CC(C)=CCC(C)C1CC1(C)COc1ccc(O)cc1. The Morgan fingerprint density at radius 1 is 1.40 bits per heavy atom. The lowest BCUT2D eigenvalue weighted by Gasteiger charge is -2.16. The van der Waals surface area contributed by atoms with Gasteiger partial charge in [0, 0.05) is 5.41 Å². The van der Waals surface area contributed by atoms with E-state index in [2.05, 4.69) is 33.8 Å². The van der Waals surface area contributed by atoms with Crippen LogP contribution in [0.5, 0.6) is 11.5 Å². The molecule has 1 aromatic rings. The van der Waals surface area contributed by atoms with Gasteiger partial charge in [-0.25, -0.2) is 0 Å². The van der Waals surface area contributed by atoms with E-state index in [1.807, 2.05) is 12.1 Å². The van der Waals surface area contributed by atoms with Crippen LogP contribution in [0, 0.1) is 17.3 Å². The Bertz CT molecular complexity index is 471. The number of phenolic OH excluding ortho intramolecular Hbond substituents is 1. The molecule has 0 saturated heterocycles. The summed E-state index contributed by atoms with van der Waals surface area (Å²) in [7, 11) is 0. The molecule has 0 heterocycles. The fourth-order valence-corrected chi connectivity index (χ4v) is 2.87. The Labute approximate surface area is 122 Å². The number of hydrogen-bond donors (Lipinski definition) is 1. The van der Waals surface area contributed by atoms with Gasteiger partial charge in [0.1, 0.15) is 11.5 Å². The van der Waals surface area contributed by atoms with Gasteiger partial charge in [0.05, 0.1) is 6.61 Å². The van der Waals surface area contributed by atoms with Crippen LogP contribution in [0.1, 0.15) is 40.5 Å². The molecule has 0 aliphatic heterocycles. The van der Waals surface area contributed by atoms with Gasteiger partial charge in [-0.2, -0.15) is 0 Å². The fourth-order valence-electron chi connectivity index (χ4n) is 2.87. The first-order chi connectivity index (χ1) is 9.40. The quantitative estimate of drug-likeness (QED) is 0.756. The molecule has 3 unspecified atom stereocenters. The Hall–Kier alpha value is -1.44. The standard InChI is InChI=1S/C18H26O2/c1-13(2)5-6-14(3)17-11-18(17,4)12-20-16-9-7-15(19)8-10-16/h5,7-10,14,17,19H,6,11-12H2,1-4H3. The molecule has 110 valence electrons. The van der Waals surface area contributed by atoms with E-state index in [-0.39, 0.29) is 5.75 Å². The van der Waals surface area contributed by atoms with E-state index in [4.69, 9.17) is 4.74 Å². The molecule has 1 aliphatic carbocycles. The third-order valence-electron chi connectivity index (χ3n) is 4.41. The van der Waals surface area contributed by atoms with E-state index < -0.39 is 0 Å². The number of allylic oxidation sites excluding steroid dienone is 2. The lowest BCUT2D eigenvalue weighted by Crippen LogP contribution is -2.14. The summed E-state index contributed by atoms with van der Waals surface area (Å²) in [6, 6.07) is 6.98. The van der Waals surface area contributed by atoms with Crippen LogP contribution in [0.25, 0.3) is 0 Å². The highest BCUT2D eigenvalue weighted by molar-refractivity contribution is 5.30. The van der Waals surface area contributed by atoms with Gasteiger partial charge in [-0.15, -0.1) is 0 Å². The maximum Gasteiger partial charge on any atom is 0.119 e. The molecule has 1 aromatic carbocycles. The lowest BCUT2D eigenvalue weighted by molar-refractivity contribution is 0.221. The van der Waals surface area contributed by atoms with Crippen molar-refractivity contribution in [2.45, 2.75) is 40.5 Å². The second kappa shape index (κ2) is 5.90. The predicted octanol–water partition coefficient (Wildman–Crippen LogP) is 4.79. The van der Waals surface area contributed by atoms with Gasteiger partial charge in [0.15, 0.2) is 0 Å². The summed E-state index contributed by atoms with van der Waals surface area (Å²) in [5.74, 6) is 2.60. The molecule has 2 heteroatoms. The summed E-state index contributed by atoms with van der Waals surface area (Å²) in [6.07, 6.45) is 4.76. The van der Waals surface area contributed by atoms with Crippen LogP contribution in [0.3, 0.4) is 0 Å². The van der Waals surface area contributed by atoms with Crippen molar-refractivity contribution in [1.29, 1.82) is 0 Å². The van der Waals surface area contributed by atoms with Gasteiger partial charge in [-0.05, 0) is 62.8 Å². The highest BCUT2D eigenvalue weighted by Crippen LogP contribution is 2.57. The fraction of sp³-hybridized carbons (Fsp3) is 0.556. The van der Waals surface area contributed by atoms with Gasteiger partial charge in [0.2, 0.25) is 0 Å². The van der Waals surface area contributed by atoms with Crippen LogP contribution in [0.15, 0.2) is 35.9 Å². The van der Waals surface area contributed by atoms with Crippen LogP contribution < -0.4 is 4.74 Å². The summed E-state index contributed by atoms with van der Waals surface area (Å²) in [6.45, 7) is 9.74. The number of hydrogen-bond acceptors (Lipinski definition) is 2. The van der Waals surface area contributed by atoms with Crippen molar-refractivity contribution in [3.8, 4) is 11.5 Å². The molecule has 1 aliphatic rings. The van der Waals surface area contributed by atoms with Gasteiger partial charge < -0.3 is 9.84 Å². The molecule has 0 radical (unpaired) electrons. The minimum Gasteiger partial charge on any atom is -0.508 e. The van der Waals surface area contributed by atoms with Crippen LogP contribution in [-0.2, 0) is 0 Å². The van der Waals surface area contributed by atoms with Gasteiger partial charge >= 0.3 is 0 Å². The number of ether oxygens (including phenoxy) is 1. The summed E-state index contributed by atoms with van der Waals surface area (Å²) in [5, 5.41) is 9.25. The molecular formula is C18H26O2. The molecule has 3 atom stereocenters. The second-order valence-corrected chi connectivity index (χ2v) is 6.74. The van der Waals surface area contributed by atoms with Crippen molar-refractivity contribution in [2.75, 3.05) is 6.61 Å². The maximum absolute atomic E-state index is 9.25. The highest BCUT2D eigenvalue weighted by atomic mass is 16.5. The normalized spacial score (nSPS) is 25.9. The third kappa shape index (κ3) is 3.78. The molecule has 20 heavy (non-hydrogen) atoms.